The van der Waals surface area contributed by atoms with Gasteiger partial charge in [0.25, 0.3) is 0 Å². The molecule has 0 saturated carbocycles. The molecular weight excluding hydrogens is 495 g/mol. The fourth-order valence-electron chi connectivity index (χ4n) is 2.53. The third-order valence-corrected chi connectivity index (χ3v) is 3.70. The normalized spacial score (nSPS) is 11.6. The van der Waals surface area contributed by atoms with Crippen molar-refractivity contribution in [2.45, 2.75) is 65.5 Å². The number of anilines is 1. The molecule has 1 aromatic carbocycles. The van der Waals surface area contributed by atoms with Crippen molar-refractivity contribution in [1.82, 2.24) is 10.6 Å². The maximum atomic E-state index is 12.1. The van der Waals surface area contributed by atoms with Crippen LogP contribution in [0.4, 0.5) is 5.69 Å². The van der Waals surface area contributed by atoms with Gasteiger partial charge >= 0.3 is 0 Å². The Kier molecular flexibility index (Phi) is 14.5. The minimum Gasteiger partial charge on any atom is -0.491 e. The Balaban J connectivity index is 0.00000841. The molecule has 1 rings (SSSR count). The standard InChI is InChI=1S/C22H38N4O3.HI/c1-17(2)29-19-12-10-18(11-13-19)25-21(23-14-8-7-9-15-28-6)24-16-20(27)26-22(3,4)5;/h10-13,17H,7-9,14-16H2,1-6H3,(H,26,27)(H2,23,24,25);1H. The van der Waals surface area contributed by atoms with E-state index in [0.717, 1.165) is 43.9 Å². The highest BCUT2D eigenvalue weighted by Gasteiger charge is 2.13. The number of hydrogen-bond acceptors (Lipinski definition) is 4. The van der Waals surface area contributed by atoms with E-state index in [2.05, 4.69) is 20.9 Å². The zero-order valence-corrected chi connectivity index (χ0v) is 21.5. The molecule has 172 valence electrons. The SMILES string of the molecule is COCCCCCNC(=NCC(=O)NC(C)(C)C)Nc1ccc(OC(C)C)cc1.I. The van der Waals surface area contributed by atoms with E-state index in [9.17, 15) is 4.79 Å². The molecule has 1 aromatic rings. The van der Waals surface area contributed by atoms with E-state index in [1.54, 1.807) is 7.11 Å². The van der Waals surface area contributed by atoms with E-state index >= 15 is 0 Å². The number of unbranched alkanes of at least 4 members (excludes halogenated alkanes) is 2. The van der Waals surface area contributed by atoms with E-state index < -0.39 is 0 Å². The first-order valence-electron chi connectivity index (χ1n) is 10.3. The smallest absolute Gasteiger partial charge is 0.242 e. The van der Waals surface area contributed by atoms with Crippen LogP contribution in [-0.4, -0.2) is 50.3 Å². The average molecular weight is 534 g/mol. The highest BCUT2D eigenvalue weighted by molar-refractivity contribution is 14.0. The summed E-state index contributed by atoms with van der Waals surface area (Å²) in [6, 6.07) is 7.69. The van der Waals surface area contributed by atoms with Crippen molar-refractivity contribution in [2.75, 3.05) is 32.1 Å². The summed E-state index contributed by atoms with van der Waals surface area (Å²) in [5.74, 6) is 1.29. The lowest BCUT2D eigenvalue weighted by molar-refractivity contribution is -0.121. The molecule has 3 N–H and O–H groups in total. The summed E-state index contributed by atoms with van der Waals surface area (Å²) in [4.78, 5) is 16.5. The van der Waals surface area contributed by atoms with Crippen LogP contribution in [0.2, 0.25) is 0 Å². The van der Waals surface area contributed by atoms with Crippen molar-refractivity contribution in [2.24, 2.45) is 4.99 Å². The molecule has 0 fully saturated rings. The number of ether oxygens (including phenoxy) is 2. The number of methoxy groups -OCH3 is 1. The molecule has 0 atom stereocenters. The molecule has 1 amide bonds. The molecule has 7 nitrogen and oxygen atoms in total. The lowest BCUT2D eigenvalue weighted by Crippen LogP contribution is -2.42. The fraction of sp³-hybridized carbons (Fsp3) is 0.636. The zero-order valence-electron chi connectivity index (χ0n) is 19.2. The Bertz CT molecular complexity index is 628. The lowest BCUT2D eigenvalue weighted by atomic mass is 10.1. The summed E-state index contributed by atoms with van der Waals surface area (Å²) in [6.07, 6.45) is 3.23. The first-order valence-corrected chi connectivity index (χ1v) is 10.3. The largest absolute Gasteiger partial charge is 0.491 e. The summed E-state index contributed by atoms with van der Waals surface area (Å²) in [5, 5.41) is 9.48. The minimum atomic E-state index is -0.277. The minimum absolute atomic E-state index is 0. The maximum absolute atomic E-state index is 12.1. The number of hydrogen-bond donors (Lipinski definition) is 3. The number of nitrogens with zero attached hydrogens (tertiary/aromatic N) is 1. The number of carbonyl (C=O) groups excluding carboxylic acids is 1. The van der Waals surface area contributed by atoms with Crippen LogP contribution in [-0.2, 0) is 9.53 Å². The van der Waals surface area contributed by atoms with E-state index in [1.165, 1.54) is 0 Å². The van der Waals surface area contributed by atoms with E-state index in [1.807, 2.05) is 58.9 Å². The lowest BCUT2D eigenvalue weighted by Gasteiger charge is -2.20. The van der Waals surface area contributed by atoms with Crippen molar-refractivity contribution in [3.63, 3.8) is 0 Å². The number of guanidine groups is 1. The van der Waals surface area contributed by atoms with Gasteiger partial charge in [0.15, 0.2) is 5.96 Å². The molecule has 0 spiro atoms. The van der Waals surface area contributed by atoms with Crippen LogP contribution in [0.15, 0.2) is 29.3 Å². The van der Waals surface area contributed by atoms with Gasteiger partial charge in [-0.05, 0) is 78.1 Å². The summed E-state index contributed by atoms with van der Waals surface area (Å²) in [6.45, 7) is 11.4. The average Bonchev–Trinajstić information content (AvgIpc) is 2.62. The number of carbonyl (C=O) groups is 1. The van der Waals surface area contributed by atoms with Crippen molar-refractivity contribution in [1.29, 1.82) is 0 Å². The summed E-state index contributed by atoms with van der Waals surface area (Å²) in [7, 11) is 1.72. The molecule has 8 heteroatoms. The van der Waals surface area contributed by atoms with Gasteiger partial charge in [-0.25, -0.2) is 4.99 Å². The summed E-state index contributed by atoms with van der Waals surface area (Å²) >= 11 is 0. The second kappa shape index (κ2) is 15.3. The molecule has 0 bridgehead atoms. The fourth-order valence-corrected chi connectivity index (χ4v) is 2.53. The van der Waals surface area contributed by atoms with Gasteiger partial charge in [-0.2, -0.15) is 0 Å². The van der Waals surface area contributed by atoms with Crippen molar-refractivity contribution in [3.05, 3.63) is 24.3 Å². The molecule has 0 aliphatic carbocycles. The van der Waals surface area contributed by atoms with E-state index in [4.69, 9.17) is 9.47 Å². The van der Waals surface area contributed by atoms with Crippen LogP contribution >= 0.6 is 24.0 Å². The molecule has 0 aliphatic rings. The Morgan fingerprint density at radius 2 is 1.77 bits per heavy atom. The van der Waals surface area contributed by atoms with Crippen LogP contribution in [0.3, 0.4) is 0 Å². The highest BCUT2D eigenvalue weighted by atomic mass is 127. The van der Waals surface area contributed by atoms with Gasteiger partial charge in [-0.15, -0.1) is 24.0 Å². The molecular formula is C22H39IN4O3. The molecule has 0 aliphatic heterocycles. The van der Waals surface area contributed by atoms with Crippen LogP contribution < -0.4 is 20.7 Å². The van der Waals surface area contributed by atoms with Crippen LogP contribution in [0, 0.1) is 0 Å². The van der Waals surface area contributed by atoms with E-state index in [0.29, 0.717) is 5.96 Å². The molecule has 0 aromatic heterocycles. The number of amides is 1. The van der Waals surface area contributed by atoms with Gasteiger partial charge in [0.1, 0.15) is 12.3 Å². The van der Waals surface area contributed by atoms with Gasteiger partial charge in [0.05, 0.1) is 6.10 Å². The number of nitrogens with one attached hydrogen (secondary N) is 3. The Hall–Kier alpha value is -1.55. The van der Waals surface area contributed by atoms with Crippen LogP contribution in [0.1, 0.15) is 53.9 Å². The highest BCUT2D eigenvalue weighted by Crippen LogP contribution is 2.16. The van der Waals surface area contributed by atoms with Crippen molar-refractivity contribution < 1.29 is 14.3 Å². The Labute approximate surface area is 198 Å². The predicted octanol–water partition coefficient (Wildman–Crippen LogP) is 4.18. The Morgan fingerprint density at radius 3 is 2.33 bits per heavy atom. The molecule has 30 heavy (non-hydrogen) atoms. The van der Waals surface area contributed by atoms with E-state index in [-0.39, 0.29) is 48.1 Å². The topological polar surface area (TPSA) is 84.0 Å². The summed E-state index contributed by atoms with van der Waals surface area (Å²) < 4.78 is 10.7. The van der Waals surface area contributed by atoms with Gasteiger partial charge in [0.2, 0.25) is 5.91 Å². The number of aliphatic imine (C=N–C) groups is 1. The van der Waals surface area contributed by atoms with Crippen molar-refractivity contribution in [3.8, 4) is 5.75 Å². The molecule has 0 saturated heterocycles. The monoisotopic (exact) mass is 534 g/mol. The van der Waals surface area contributed by atoms with Gasteiger partial charge in [-0.3, -0.25) is 4.79 Å². The van der Waals surface area contributed by atoms with Gasteiger partial charge in [0, 0.05) is 31.5 Å². The maximum Gasteiger partial charge on any atom is 0.242 e. The zero-order chi connectivity index (χ0) is 21.7. The number of rotatable bonds is 11. The van der Waals surface area contributed by atoms with Gasteiger partial charge < -0.3 is 25.4 Å². The van der Waals surface area contributed by atoms with Crippen LogP contribution in [0.25, 0.3) is 0 Å². The first-order chi connectivity index (χ1) is 13.7. The van der Waals surface area contributed by atoms with Gasteiger partial charge in [-0.1, -0.05) is 0 Å². The quantitative estimate of drug-likeness (QED) is 0.172. The molecule has 0 radical (unpaired) electrons. The summed E-state index contributed by atoms with van der Waals surface area (Å²) in [5.41, 5.74) is 0.601. The third-order valence-electron chi connectivity index (χ3n) is 3.70. The Morgan fingerprint density at radius 1 is 1.10 bits per heavy atom. The molecule has 0 heterocycles. The number of halogens is 1. The first kappa shape index (κ1) is 28.5. The third kappa shape index (κ3) is 14.4. The van der Waals surface area contributed by atoms with Crippen LogP contribution in [0.5, 0.6) is 5.75 Å². The number of benzene rings is 1. The second-order valence-corrected chi connectivity index (χ2v) is 8.26. The second-order valence-electron chi connectivity index (χ2n) is 8.26. The molecule has 0 unspecified atom stereocenters. The van der Waals surface area contributed by atoms with Crippen molar-refractivity contribution >= 4 is 41.5 Å². The predicted molar refractivity (Wildman–Crippen MR) is 135 cm³/mol.